The Kier molecular flexibility index (Phi) is 3.54. The lowest BCUT2D eigenvalue weighted by Crippen LogP contribution is -2.06. The third-order valence-corrected chi connectivity index (χ3v) is 2.91. The van der Waals surface area contributed by atoms with Gasteiger partial charge in [0.2, 0.25) is 0 Å². The van der Waals surface area contributed by atoms with Crippen molar-refractivity contribution in [3.63, 3.8) is 0 Å². The number of hydrogen-bond acceptors (Lipinski definition) is 4. The highest BCUT2D eigenvalue weighted by atomic mass is 19.4. The third kappa shape index (κ3) is 2.93. The van der Waals surface area contributed by atoms with E-state index in [-0.39, 0.29) is 11.4 Å². The fraction of sp³-hybridized carbons (Fsp3) is 0.0667. The smallest absolute Gasteiger partial charge is 0.263 e. The van der Waals surface area contributed by atoms with Crippen LogP contribution in [0.1, 0.15) is 5.56 Å². The Balaban J connectivity index is 2.03. The van der Waals surface area contributed by atoms with Gasteiger partial charge in [-0.3, -0.25) is 9.97 Å². The zero-order valence-corrected chi connectivity index (χ0v) is 11.1. The van der Waals surface area contributed by atoms with Gasteiger partial charge in [-0.25, -0.2) is 9.97 Å². The number of nitrogens with zero attached hydrogens (tertiary/aromatic N) is 4. The van der Waals surface area contributed by atoms with Crippen molar-refractivity contribution >= 4 is 0 Å². The summed E-state index contributed by atoms with van der Waals surface area (Å²) in [5, 5.41) is 0. The molecule has 0 aliphatic rings. The maximum atomic E-state index is 12.7. The number of pyridine rings is 2. The summed E-state index contributed by atoms with van der Waals surface area (Å²) in [7, 11) is 0. The van der Waals surface area contributed by atoms with Crippen molar-refractivity contribution < 1.29 is 13.2 Å². The highest BCUT2D eigenvalue weighted by Crippen LogP contribution is 2.30. The van der Waals surface area contributed by atoms with Crippen molar-refractivity contribution in [3.05, 3.63) is 60.7 Å². The molecule has 0 saturated carbocycles. The van der Waals surface area contributed by atoms with Gasteiger partial charge in [0.15, 0.2) is 5.82 Å². The van der Waals surface area contributed by atoms with Gasteiger partial charge < -0.3 is 0 Å². The molecule has 22 heavy (non-hydrogen) atoms. The van der Waals surface area contributed by atoms with E-state index in [9.17, 15) is 13.2 Å². The minimum Gasteiger partial charge on any atom is -0.263 e. The van der Waals surface area contributed by atoms with Gasteiger partial charge >= 0.3 is 6.18 Å². The molecule has 110 valence electrons. The molecule has 0 amide bonds. The number of aromatic nitrogens is 4. The monoisotopic (exact) mass is 302 g/mol. The van der Waals surface area contributed by atoms with E-state index in [0.29, 0.717) is 11.4 Å². The van der Waals surface area contributed by atoms with Crippen molar-refractivity contribution in [2.75, 3.05) is 0 Å². The minimum absolute atomic E-state index is 0.168. The van der Waals surface area contributed by atoms with Crippen LogP contribution in [0.25, 0.3) is 22.8 Å². The van der Waals surface area contributed by atoms with Gasteiger partial charge in [-0.05, 0) is 24.3 Å². The first-order chi connectivity index (χ1) is 10.5. The summed E-state index contributed by atoms with van der Waals surface area (Å²) >= 11 is 0. The van der Waals surface area contributed by atoms with Gasteiger partial charge in [-0.1, -0.05) is 6.07 Å². The van der Waals surface area contributed by atoms with E-state index in [1.54, 1.807) is 30.5 Å². The molecule has 0 saturated heterocycles. The van der Waals surface area contributed by atoms with E-state index >= 15 is 0 Å². The van der Waals surface area contributed by atoms with Crippen molar-refractivity contribution in [2.24, 2.45) is 0 Å². The summed E-state index contributed by atoms with van der Waals surface area (Å²) in [4.78, 5) is 16.0. The Labute approximate surface area is 123 Å². The molecule has 0 bridgehead atoms. The van der Waals surface area contributed by atoms with Crippen molar-refractivity contribution in [1.29, 1.82) is 0 Å². The molecule has 0 aliphatic carbocycles. The van der Waals surface area contributed by atoms with E-state index in [1.807, 2.05) is 0 Å². The van der Waals surface area contributed by atoms with Crippen LogP contribution < -0.4 is 0 Å². The van der Waals surface area contributed by atoms with Crippen molar-refractivity contribution in [3.8, 4) is 22.8 Å². The molecule has 0 N–H and O–H groups in total. The van der Waals surface area contributed by atoms with E-state index in [4.69, 9.17) is 0 Å². The fourth-order valence-electron chi connectivity index (χ4n) is 1.87. The molecule has 0 radical (unpaired) electrons. The van der Waals surface area contributed by atoms with Crippen molar-refractivity contribution in [1.82, 2.24) is 19.9 Å². The minimum atomic E-state index is -4.46. The fourth-order valence-corrected chi connectivity index (χ4v) is 1.87. The lowest BCUT2D eigenvalue weighted by molar-refractivity contribution is -0.137. The van der Waals surface area contributed by atoms with Gasteiger partial charge in [0.1, 0.15) is 0 Å². The first-order valence-electron chi connectivity index (χ1n) is 6.31. The van der Waals surface area contributed by atoms with E-state index in [2.05, 4.69) is 19.9 Å². The molecule has 0 atom stereocenters. The van der Waals surface area contributed by atoms with Crippen LogP contribution in [0.3, 0.4) is 0 Å². The Hall–Kier alpha value is -2.83. The maximum Gasteiger partial charge on any atom is 0.417 e. The molecule has 3 rings (SSSR count). The molecule has 0 unspecified atom stereocenters. The molecular formula is C15H9F3N4. The predicted molar refractivity (Wildman–Crippen MR) is 73.5 cm³/mol. The highest BCUT2D eigenvalue weighted by molar-refractivity contribution is 5.60. The number of alkyl halides is 3. The largest absolute Gasteiger partial charge is 0.417 e. The third-order valence-electron chi connectivity index (χ3n) is 2.91. The molecule has 3 aromatic rings. The normalized spacial score (nSPS) is 11.4. The first-order valence-corrected chi connectivity index (χ1v) is 6.31. The molecule has 0 fully saturated rings. The van der Waals surface area contributed by atoms with Crippen LogP contribution in [0.5, 0.6) is 0 Å². The SMILES string of the molecule is FC(F)(F)c1cncc(-c2nccc(-c3ccccn3)n2)c1. The number of halogens is 3. The van der Waals surface area contributed by atoms with E-state index < -0.39 is 11.7 Å². The van der Waals surface area contributed by atoms with Gasteiger partial charge in [-0.2, -0.15) is 13.2 Å². The summed E-state index contributed by atoms with van der Waals surface area (Å²) in [5.41, 5.74) is 0.513. The second-order valence-electron chi connectivity index (χ2n) is 4.44. The van der Waals surface area contributed by atoms with Crippen LogP contribution in [-0.2, 0) is 6.18 Å². The predicted octanol–water partition coefficient (Wildman–Crippen LogP) is 3.62. The molecular weight excluding hydrogens is 293 g/mol. The Morgan fingerprint density at radius 3 is 2.45 bits per heavy atom. The quantitative estimate of drug-likeness (QED) is 0.725. The average molecular weight is 302 g/mol. The first kappa shape index (κ1) is 14.1. The molecule has 7 heteroatoms. The van der Waals surface area contributed by atoms with Crippen LogP contribution in [0.15, 0.2) is 55.1 Å². The zero-order chi connectivity index (χ0) is 15.6. The number of rotatable bonds is 2. The van der Waals surface area contributed by atoms with Crippen LogP contribution in [0.2, 0.25) is 0 Å². The Morgan fingerprint density at radius 2 is 1.73 bits per heavy atom. The second kappa shape index (κ2) is 5.51. The number of hydrogen-bond donors (Lipinski definition) is 0. The van der Waals surface area contributed by atoms with Gasteiger partial charge in [0.05, 0.1) is 17.0 Å². The maximum absolute atomic E-state index is 12.7. The topological polar surface area (TPSA) is 51.6 Å². The second-order valence-corrected chi connectivity index (χ2v) is 4.44. The Bertz CT molecular complexity index is 788. The summed E-state index contributed by atoms with van der Waals surface area (Å²) in [6, 6.07) is 7.95. The molecule has 0 aliphatic heterocycles. The lowest BCUT2D eigenvalue weighted by Gasteiger charge is -2.08. The van der Waals surface area contributed by atoms with E-state index in [1.165, 1.54) is 12.4 Å². The summed E-state index contributed by atoms with van der Waals surface area (Å²) in [6.07, 6.45) is 0.704. The Morgan fingerprint density at radius 1 is 0.864 bits per heavy atom. The summed E-state index contributed by atoms with van der Waals surface area (Å²) < 4.78 is 38.2. The summed E-state index contributed by atoms with van der Waals surface area (Å²) in [6.45, 7) is 0. The lowest BCUT2D eigenvalue weighted by atomic mass is 10.2. The summed E-state index contributed by atoms with van der Waals surface area (Å²) in [5.74, 6) is 0.168. The highest BCUT2D eigenvalue weighted by Gasteiger charge is 2.31. The van der Waals surface area contributed by atoms with Crippen molar-refractivity contribution in [2.45, 2.75) is 6.18 Å². The molecule has 3 heterocycles. The van der Waals surface area contributed by atoms with E-state index in [0.717, 1.165) is 12.3 Å². The van der Waals surface area contributed by atoms with Crippen LogP contribution in [-0.4, -0.2) is 19.9 Å². The van der Waals surface area contributed by atoms with Crippen LogP contribution in [0.4, 0.5) is 13.2 Å². The van der Waals surface area contributed by atoms with Gasteiger partial charge in [-0.15, -0.1) is 0 Å². The average Bonchev–Trinajstić information content (AvgIpc) is 2.55. The molecule has 0 aromatic carbocycles. The van der Waals surface area contributed by atoms with Gasteiger partial charge in [0, 0.05) is 30.4 Å². The van der Waals surface area contributed by atoms with Crippen LogP contribution >= 0.6 is 0 Å². The van der Waals surface area contributed by atoms with Gasteiger partial charge in [0.25, 0.3) is 0 Å². The molecule has 4 nitrogen and oxygen atoms in total. The molecule has 0 spiro atoms. The molecule has 3 aromatic heterocycles. The van der Waals surface area contributed by atoms with Crippen LogP contribution in [0, 0.1) is 0 Å². The standard InChI is InChI=1S/C15H9F3N4/c16-15(17,18)11-7-10(8-19-9-11)14-21-6-4-13(22-14)12-3-1-2-5-20-12/h1-9H. The zero-order valence-electron chi connectivity index (χ0n) is 11.1.